The highest BCUT2D eigenvalue weighted by Crippen LogP contribution is 2.02. The second kappa shape index (κ2) is 11.6. The third kappa shape index (κ3) is 14.1. The molecule has 4 heteroatoms. The van der Waals surface area contributed by atoms with Crippen LogP contribution in [0.15, 0.2) is 0 Å². The van der Waals surface area contributed by atoms with Gasteiger partial charge < -0.3 is 22.1 Å². The van der Waals surface area contributed by atoms with Crippen LogP contribution in [-0.4, -0.2) is 38.3 Å². The Bertz CT molecular complexity index is 175. The lowest BCUT2D eigenvalue weighted by atomic mass is 10.0. The maximum atomic E-state index is 6.01. The molecule has 0 heterocycles. The summed E-state index contributed by atoms with van der Waals surface area (Å²) >= 11 is 0. The fraction of sp³-hybridized carbons (Fsp3) is 1.00. The van der Waals surface area contributed by atoms with Gasteiger partial charge in [0.25, 0.3) is 0 Å². The quantitative estimate of drug-likeness (QED) is 0.404. The number of nitrogens with one attached hydrogen (secondary N) is 2. The summed E-state index contributed by atoms with van der Waals surface area (Å²) in [6.45, 7) is 12.7. The van der Waals surface area contributed by atoms with Crippen molar-refractivity contribution in [2.24, 2.45) is 23.3 Å². The molecule has 0 aromatic heterocycles. The van der Waals surface area contributed by atoms with Gasteiger partial charge in [-0.15, -0.1) is 0 Å². The molecule has 0 radical (unpaired) electrons. The van der Waals surface area contributed by atoms with E-state index in [-0.39, 0.29) is 12.1 Å². The summed E-state index contributed by atoms with van der Waals surface area (Å²) in [5, 5.41) is 6.83. The van der Waals surface area contributed by atoms with Crippen molar-refractivity contribution in [1.82, 2.24) is 10.6 Å². The van der Waals surface area contributed by atoms with Crippen molar-refractivity contribution in [1.29, 1.82) is 0 Å². The molecule has 116 valence electrons. The highest BCUT2D eigenvalue weighted by Gasteiger charge is 2.05. The van der Waals surface area contributed by atoms with Gasteiger partial charge in [0.05, 0.1) is 0 Å². The van der Waals surface area contributed by atoms with Gasteiger partial charge in [-0.2, -0.15) is 0 Å². The van der Waals surface area contributed by atoms with Crippen molar-refractivity contribution in [2.75, 3.05) is 26.2 Å². The molecular formula is C15H36N4. The van der Waals surface area contributed by atoms with Crippen LogP contribution in [0.4, 0.5) is 0 Å². The Kier molecular flexibility index (Phi) is 11.6. The molecule has 0 aromatic carbocycles. The van der Waals surface area contributed by atoms with Crippen molar-refractivity contribution in [3.63, 3.8) is 0 Å². The topological polar surface area (TPSA) is 76.1 Å². The normalized spacial score (nSPS) is 15.2. The molecule has 0 aliphatic heterocycles. The van der Waals surface area contributed by atoms with Crippen molar-refractivity contribution in [3.8, 4) is 0 Å². The van der Waals surface area contributed by atoms with Gasteiger partial charge in [-0.05, 0) is 44.2 Å². The second-order valence-electron chi connectivity index (χ2n) is 6.54. The molecule has 0 bridgehead atoms. The molecule has 0 unspecified atom stereocenters. The van der Waals surface area contributed by atoms with Gasteiger partial charge in [0.15, 0.2) is 0 Å². The van der Waals surface area contributed by atoms with Gasteiger partial charge in [-0.1, -0.05) is 27.7 Å². The molecule has 0 saturated heterocycles. The minimum atomic E-state index is 0.285. The Hall–Kier alpha value is -0.160. The lowest BCUT2D eigenvalue weighted by Gasteiger charge is -2.16. The number of hydrogen-bond donors (Lipinski definition) is 4. The largest absolute Gasteiger partial charge is 0.327 e. The van der Waals surface area contributed by atoms with Crippen LogP contribution < -0.4 is 22.1 Å². The van der Waals surface area contributed by atoms with Gasteiger partial charge in [0.1, 0.15) is 0 Å². The van der Waals surface area contributed by atoms with E-state index in [0.717, 1.165) is 45.4 Å². The second-order valence-corrected chi connectivity index (χ2v) is 6.54. The number of rotatable bonds is 12. The maximum Gasteiger partial charge on any atom is 0.0167 e. The first-order valence-corrected chi connectivity index (χ1v) is 7.84. The smallest absolute Gasteiger partial charge is 0.0167 e. The van der Waals surface area contributed by atoms with Crippen LogP contribution in [0.5, 0.6) is 0 Å². The highest BCUT2D eigenvalue weighted by atomic mass is 14.9. The molecule has 2 atom stereocenters. The summed E-state index contributed by atoms with van der Waals surface area (Å²) in [5.41, 5.74) is 12.0. The van der Waals surface area contributed by atoms with Crippen molar-refractivity contribution in [2.45, 2.75) is 59.0 Å². The summed E-state index contributed by atoms with van der Waals surface area (Å²) in [7, 11) is 0. The molecule has 0 fully saturated rings. The van der Waals surface area contributed by atoms with E-state index in [0.29, 0.717) is 11.8 Å². The lowest BCUT2D eigenvalue weighted by molar-refractivity contribution is 0.452. The first-order valence-electron chi connectivity index (χ1n) is 7.84. The standard InChI is InChI=1S/C15H36N4/c1-12(2)8-14(16)10-18-6-5-7-19-11-15(17)9-13(3)4/h12-15,18-19H,5-11,16-17H2,1-4H3/t14-,15-/m0/s1. The number of nitrogens with two attached hydrogens (primary N) is 2. The van der Waals surface area contributed by atoms with E-state index in [1.165, 1.54) is 0 Å². The van der Waals surface area contributed by atoms with Gasteiger partial charge in [-0.3, -0.25) is 0 Å². The first-order chi connectivity index (χ1) is 8.91. The summed E-state index contributed by atoms with van der Waals surface area (Å²) in [6.07, 6.45) is 3.31. The molecule has 6 N–H and O–H groups in total. The molecule has 0 rings (SSSR count). The fourth-order valence-corrected chi connectivity index (χ4v) is 2.29. The molecule has 0 saturated carbocycles. The summed E-state index contributed by atoms with van der Waals surface area (Å²) in [5.74, 6) is 1.36. The van der Waals surface area contributed by atoms with Gasteiger partial charge in [0.2, 0.25) is 0 Å². The monoisotopic (exact) mass is 272 g/mol. The zero-order valence-electron chi connectivity index (χ0n) is 13.4. The van der Waals surface area contributed by atoms with E-state index in [1.54, 1.807) is 0 Å². The van der Waals surface area contributed by atoms with Crippen LogP contribution in [0.2, 0.25) is 0 Å². The van der Waals surface area contributed by atoms with Crippen LogP contribution in [0.25, 0.3) is 0 Å². The van der Waals surface area contributed by atoms with E-state index >= 15 is 0 Å². The fourth-order valence-electron chi connectivity index (χ4n) is 2.29. The molecule has 0 aliphatic carbocycles. The SMILES string of the molecule is CC(C)C[C@H](N)CNCCCNC[C@@H](N)CC(C)C. The van der Waals surface area contributed by atoms with Crippen molar-refractivity contribution >= 4 is 0 Å². The number of hydrogen-bond acceptors (Lipinski definition) is 4. The average molecular weight is 272 g/mol. The van der Waals surface area contributed by atoms with E-state index in [4.69, 9.17) is 11.5 Å². The van der Waals surface area contributed by atoms with E-state index < -0.39 is 0 Å². The summed E-state index contributed by atoms with van der Waals surface area (Å²) in [4.78, 5) is 0. The molecule has 0 aliphatic rings. The third-order valence-corrected chi connectivity index (χ3v) is 3.07. The lowest BCUT2D eigenvalue weighted by Crippen LogP contribution is -2.37. The minimum Gasteiger partial charge on any atom is -0.327 e. The van der Waals surface area contributed by atoms with Crippen LogP contribution >= 0.6 is 0 Å². The zero-order chi connectivity index (χ0) is 14.7. The summed E-state index contributed by atoms with van der Waals surface area (Å²) < 4.78 is 0. The van der Waals surface area contributed by atoms with Crippen molar-refractivity contribution in [3.05, 3.63) is 0 Å². The van der Waals surface area contributed by atoms with Gasteiger partial charge in [0, 0.05) is 25.2 Å². The Morgan fingerprint density at radius 1 is 0.737 bits per heavy atom. The van der Waals surface area contributed by atoms with Crippen LogP contribution in [0.1, 0.15) is 47.0 Å². The van der Waals surface area contributed by atoms with E-state index in [1.807, 2.05) is 0 Å². The zero-order valence-corrected chi connectivity index (χ0v) is 13.4. The van der Waals surface area contributed by atoms with Crippen LogP contribution in [0.3, 0.4) is 0 Å². The van der Waals surface area contributed by atoms with Gasteiger partial charge >= 0.3 is 0 Å². The summed E-state index contributed by atoms with van der Waals surface area (Å²) in [6, 6.07) is 0.569. The molecular weight excluding hydrogens is 236 g/mol. The minimum absolute atomic E-state index is 0.285. The molecule has 0 amide bonds. The first kappa shape index (κ1) is 18.8. The van der Waals surface area contributed by atoms with Gasteiger partial charge in [-0.25, -0.2) is 0 Å². The molecule has 0 aromatic rings. The predicted octanol–water partition coefficient (Wildman–Crippen LogP) is 1.30. The Morgan fingerprint density at radius 2 is 1.11 bits per heavy atom. The van der Waals surface area contributed by atoms with E-state index in [2.05, 4.69) is 38.3 Å². The average Bonchev–Trinajstić information content (AvgIpc) is 2.25. The van der Waals surface area contributed by atoms with Crippen LogP contribution in [-0.2, 0) is 0 Å². The maximum absolute atomic E-state index is 6.01. The Morgan fingerprint density at radius 3 is 1.42 bits per heavy atom. The Labute approximate surface area is 120 Å². The third-order valence-electron chi connectivity index (χ3n) is 3.07. The Balaban J connectivity index is 3.27. The molecule has 19 heavy (non-hydrogen) atoms. The molecule has 4 nitrogen and oxygen atoms in total. The highest BCUT2D eigenvalue weighted by molar-refractivity contribution is 4.68. The van der Waals surface area contributed by atoms with Crippen molar-refractivity contribution < 1.29 is 0 Å². The molecule has 0 spiro atoms. The van der Waals surface area contributed by atoms with Crippen LogP contribution in [0, 0.1) is 11.8 Å². The predicted molar refractivity (Wildman–Crippen MR) is 85.2 cm³/mol. The van der Waals surface area contributed by atoms with E-state index in [9.17, 15) is 0 Å².